The number of benzene rings is 1. The van der Waals surface area contributed by atoms with Crippen LogP contribution in [0.4, 0.5) is 8.78 Å². The molecule has 1 amide bonds. The lowest BCUT2D eigenvalue weighted by molar-refractivity contribution is -0.145. The van der Waals surface area contributed by atoms with Gasteiger partial charge in [0.25, 0.3) is 5.91 Å². The van der Waals surface area contributed by atoms with Crippen LogP contribution in [0, 0.1) is 17.6 Å². The van der Waals surface area contributed by atoms with E-state index in [2.05, 4.69) is 15.4 Å². The molecule has 1 aliphatic heterocycles. The van der Waals surface area contributed by atoms with Gasteiger partial charge in [0.05, 0.1) is 11.5 Å². The highest BCUT2D eigenvalue weighted by Crippen LogP contribution is 2.29. The summed E-state index contributed by atoms with van der Waals surface area (Å²) in [5.41, 5.74) is -0.104. The first-order chi connectivity index (χ1) is 14.4. The third kappa shape index (κ3) is 4.21. The number of rotatable bonds is 5. The molecule has 0 spiro atoms. The molecule has 30 heavy (non-hydrogen) atoms. The first kappa shape index (κ1) is 20.5. The quantitative estimate of drug-likeness (QED) is 0.773. The molecule has 0 bridgehead atoms. The summed E-state index contributed by atoms with van der Waals surface area (Å²) in [6, 6.07) is 4.15. The van der Waals surface area contributed by atoms with Crippen molar-refractivity contribution in [2.24, 2.45) is 5.92 Å². The first-order valence-electron chi connectivity index (χ1n) is 10.1. The summed E-state index contributed by atoms with van der Waals surface area (Å²) in [6.07, 6.45) is 5.04. The van der Waals surface area contributed by atoms with Gasteiger partial charge in [0.15, 0.2) is 11.5 Å². The van der Waals surface area contributed by atoms with E-state index in [0.717, 1.165) is 25.5 Å². The molecule has 7 nitrogen and oxygen atoms in total. The second-order valence-corrected chi connectivity index (χ2v) is 7.95. The van der Waals surface area contributed by atoms with Gasteiger partial charge >= 0.3 is 5.97 Å². The first-order valence-corrected chi connectivity index (χ1v) is 10.1. The van der Waals surface area contributed by atoms with Crippen molar-refractivity contribution in [3.63, 3.8) is 0 Å². The predicted molar refractivity (Wildman–Crippen MR) is 103 cm³/mol. The average Bonchev–Trinajstić information content (AvgIpc) is 3.40. The van der Waals surface area contributed by atoms with Crippen molar-refractivity contribution < 1.29 is 28.0 Å². The predicted octanol–water partition coefficient (Wildman–Crippen LogP) is 3.07. The SMILES string of the molecule is O=C(N[C@@H]1CCN(C2CCCC2)C[C@H]1C(=O)O)c1cc(-c2ccc(F)cc2F)on1. The molecule has 2 fully saturated rings. The van der Waals surface area contributed by atoms with Gasteiger partial charge in [-0.15, -0.1) is 0 Å². The molecule has 2 atom stereocenters. The van der Waals surface area contributed by atoms with E-state index in [1.165, 1.54) is 25.0 Å². The lowest BCUT2D eigenvalue weighted by Crippen LogP contribution is -2.55. The van der Waals surface area contributed by atoms with E-state index in [1.54, 1.807) is 0 Å². The topological polar surface area (TPSA) is 95.7 Å². The summed E-state index contributed by atoms with van der Waals surface area (Å²) in [5.74, 6) is -3.82. The molecule has 2 aliphatic rings. The number of carbonyl (C=O) groups is 2. The molecule has 1 aromatic carbocycles. The van der Waals surface area contributed by atoms with E-state index in [9.17, 15) is 23.5 Å². The molecule has 0 radical (unpaired) electrons. The number of aromatic nitrogens is 1. The Morgan fingerprint density at radius 2 is 1.93 bits per heavy atom. The molecule has 2 heterocycles. The maximum atomic E-state index is 13.9. The van der Waals surface area contributed by atoms with Gasteiger partial charge in [-0.2, -0.15) is 0 Å². The third-order valence-corrected chi connectivity index (χ3v) is 6.06. The number of halogens is 2. The molecule has 1 aromatic heterocycles. The summed E-state index contributed by atoms with van der Waals surface area (Å²) in [7, 11) is 0. The number of hydrogen-bond donors (Lipinski definition) is 2. The van der Waals surface area contributed by atoms with Gasteiger partial charge in [0, 0.05) is 37.3 Å². The Kier molecular flexibility index (Phi) is 5.80. The molecule has 1 saturated carbocycles. The van der Waals surface area contributed by atoms with Crippen molar-refractivity contribution in [1.29, 1.82) is 0 Å². The lowest BCUT2D eigenvalue weighted by atomic mass is 9.90. The number of nitrogens with zero attached hydrogens (tertiary/aromatic N) is 2. The van der Waals surface area contributed by atoms with Crippen molar-refractivity contribution in [1.82, 2.24) is 15.4 Å². The van der Waals surface area contributed by atoms with Crippen molar-refractivity contribution >= 4 is 11.9 Å². The summed E-state index contributed by atoms with van der Waals surface area (Å²) >= 11 is 0. The average molecular weight is 419 g/mol. The fourth-order valence-electron chi connectivity index (χ4n) is 4.44. The van der Waals surface area contributed by atoms with Crippen LogP contribution >= 0.6 is 0 Å². The largest absolute Gasteiger partial charge is 0.481 e. The zero-order chi connectivity index (χ0) is 21.3. The Morgan fingerprint density at radius 1 is 1.17 bits per heavy atom. The number of aliphatic carboxylic acids is 1. The van der Waals surface area contributed by atoms with Crippen LogP contribution < -0.4 is 5.32 Å². The minimum absolute atomic E-state index is 0.0107. The van der Waals surface area contributed by atoms with Crippen LogP contribution in [0.25, 0.3) is 11.3 Å². The maximum absolute atomic E-state index is 13.9. The molecular formula is C21H23F2N3O4. The van der Waals surface area contributed by atoms with Crippen LogP contribution in [0.3, 0.4) is 0 Å². The molecular weight excluding hydrogens is 396 g/mol. The van der Waals surface area contributed by atoms with Crippen LogP contribution in [0.1, 0.15) is 42.6 Å². The zero-order valence-electron chi connectivity index (χ0n) is 16.3. The van der Waals surface area contributed by atoms with Gasteiger partial charge in [-0.05, 0) is 31.4 Å². The second kappa shape index (κ2) is 8.51. The van der Waals surface area contributed by atoms with E-state index in [0.29, 0.717) is 25.1 Å². The van der Waals surface area contributed by atoms with Crippen molar-refractivity contribution in [3.05, 3.63) is 41.6 Å². The Morgan fingerprint density at radius 3 is 2.63 bits per heavy atom. The van der Waals surface area contributed by atoms with Crippen LogP contribution in [0.2, 0.25) is 0 Å². The zero-order valence-corrected chi connectivity index (χ0v) is 16.3. The molecule has 160 valence electrons. The summed E-state index contributed by atoms with van der Waals surface area (Å²) in [4.78, 5) is 26.6. The number of nitrogens with one attached hydrogen (secondary N) is 1. The normalized spacial score (nSPS) is 22.9. The number of piperidine rings is 1. The molecule has 9 heteroatoms. The van der Waals surface area contributed by atoms with Gasteiger partial charge in [0.2, 0.25) is 0 Å². The Balaban J connectivity index is 1.44. The number of hydrogen-bond acceptors (Lipinski definition) is 5. The lowest BCUT2D eigenvalue weighted by Gasteiger charge is -2.39. The number of amides is 1. The highest BCUT2D eigenvalue weighted by Gasteiger charge is 2.38. The van der Waals surface area contributed by atoms with E-state index in [1.807, 2.05) is 0 Å². The highest BCUT2D eigenvalue weighted by molar-refractivity contribution is 5.93. The summed E-state index contributed by atoms with van der Waals surface area (Å²) < 4.78 is 32.1. The molecule has 2 aromatic rings. The van der Waals surface area contributed by atoms with E-state index in [-0.39, 0.29) is 17.0 Å². The number of carboxylic acids is 1. The third-order valence-electron chi connectivity index (χ3n) is 6.06. The fourth-order valence-corrected chi connectivity index (χ4v) is 4.44. The Hall–Kier alpha value is -2.81. The number of likely N-dealkylation sites (tertiary alicyclic amines) is 1. The molecule has 2 N–H and O–H groups in total. The number of carbonyl (C=O) groups excluding carboxylic acids is 1. The van der Waals surface area contributed by atoms with E-state index in [4.69, 9.17) is 4.52 Å². The van der Waals surface area contributed by atoms with Gasteiger partial charge in [-0.1, -0.05) is 18.0 Å². The molecule has 1 saturated heterocycles. The molecule has 4 rings (SSSR count). The molecule has 1 aliphatic carbocycles. The van der Waals surface area contributed by atoms with E-state index >= 15 is 0 Å². The standard InChI is InChI=1S/C21H23F2N3O4/c22-12-5-6-14(16(23)9-12)19-10-18(25-30-19)20(27)24-17-7-8-26(11-15(17)21(28)29)13-3-1-2-4-13/h5-6,9-10,13,15,17H,1-4,7-8,11H2,(H,24,27)(H,28,29)/t15-,17-/m1/s1. The summed E-state index contributed by atoms with van der Waals surface area (Å²) in [6.45, 7) is 1.13. The van der Waals surface area contributed by atoms with Gasteiger partial charge in [-0.25, -0.2) is 8.78 Å². The van der Waals surface area contributed by atoms with Crippen LogP contribution in [-0.4, -0.2) is 52.2 Å². The van der Waals surface area contributed by atoms with Crippen molar-refractivity contribution in [3.8, 4) is 11.3 Å². The second-order valence-electron chi connectivity index (χ2n) is 7.95. The van der Waals surface area contributed by atoms with Crippen LogP contribution in [0.5, 0.6) is 0 Å². The minimum Gasteiger partial charge on any atom is -0.481 e. The van der Waals surface area contributed by atoms with Gasteiger partial charge in [0.1, 0.15) is 11.6 Å². The molecule has 0 unspecified atom stereocenters. The van der Waals surface area contributed by atoms with Crippen molar-refractivity contribution in [2.75, 3.05) is 13.1 Å². The van der Waals surface area contributed by atoms with Crippen LogP contribution in [-0.2, 0) is 4.79 Å². The maximum Gasteiger partial charge on any atom is 0.309 e. The van der Waals surface area contributed by atoms with Crippen molar-refractivity contribution in [2.45, 2.75) is 44.2 Å². The Bertz CT molecular complexity index is 942. The highest BCUT2D eigenvalue weighted by atomic mass is 19.1. The number of carboxylic acid groups (broad SMARTS) is 1. The van der Waals surface area contributed by atoms with E-state index < -0.39 is 35.5 Å². The Labute approximate surface area is 172 Å². The monoisotopic (exact) mass is 419 g/mol. The smallest absolute Gasteiger partial charge is 0.309 e. The van der Waals surface area contributed by atoms with Gasteiger partial charge in [-0.3, -0.25) is 14.5 Å². The minimum atomic E-state index is -0.947. The van der Waals surface area contributed by atoms with Crippen LogP contribution in [0.15, 0.2) is 28.8 Å². The summed E-state index contributed by atoms with van der Waals surface area (Å²) in [5, 5.41) is 16.1. The van der Waals surface area contributed by atoms with Gasteiger partial charge < -0.3 is 14.9 Å². The fraction of sp³-hybridized carbons (Fsp3) is 0.476.